The fourth-order valence-corrected chi connectivity index (χ4v) is 2.53. The van der Waals surface area contributed by atoms with Crippen LogP contribution >= 0.6 is 0 Å². The molecule has 0 aliphatic heterocycles. The Labute approximate surface area is 153 Å². The Bertz CT molecular complexity index is 697. The Kier molecular flexibility index (Phi) is 6.71. The lowest BCUT2D eigenvalue weighted by Crippen LogP contribution is -2.29. The predicted octanol–water partition coefficient (Wildman–Crippen LogP) is 3.01. The Balaban J connectivity index is 2.37. The van der Waals surface area contributed by atoms with E-state index in [1.807, 2.05) is 0 Å². The Morgan fingerprint density at radius 3 is 1.73 bits per heavy atom. The number of anilines is 4. The summed E-state index contributed by atoms with van der Waals surface area (Å²) in [7, 11) is 0. The largest absolute Gasteiger partial charge is 0.478 e. The lowest BCUT2D eigenvalue weighted by Gasteiger charge is -2.23. The highest BCUT2D eigenvalue weighted by atomic mass is 16.4. The number of aromatic carboxylic acids is 1. The number of hydrogen-bond acceptors (Lipinski definition) is 7. The Morgan fingerprint density at radius 2 is 1.35 bits per heavy atom. The summed E-state index contributed by atoms with van der Waals surface area (Å²) in [5.74, 6) is 0.726. The quantitative estimate of drug-likeness (QED) is 0.706. The number of carboxylic acid groups (broad SMARTS) is 1. The van der Waals surface area contributed by atoms with Gasteiger partial charge in [0, 0.05) is 31.9 Å². The fourth-order valence-electron chi connectivity index (χ4n) is 2.53. The molecule has 0 unspecified atom stereocenters. The standard InChI is InChI=1S/C18H26N6O2/c1-5-23(6-2)17-20-16(21-18(22-17)24(7-3)8-4)19-14-11-9-13(10-12-14)15(25)26/h9-12H,5-8H2,1-4H3,(H,25,26)(H,19,20,21,22). The van der Waals surface area contributed by atoms with Crippen LogP contribution in [-0.4, -0.2) is 52.2 Å². The van der Waals surface area contributed by atoms with Crippen molar-refractivity contribution in [1.29, 1.82) is 0 Å². The zero-order valence-electron chi connectivity index (χ0n) is 15.7. The van der Waals surface area contributed by atoms with Gasteiger partial charge < -0.3 is 20.2 Å². The van der Waals surface area contributed by atoms with Gasteiger partial charge in [0.15, 0.2) is 0 Å². The van der Waals surface area contributed by atoms with Gasteiger partial charge in [-0.25, -0.2) is 4.79 Å². The first-order chi connectivity index (χ1) is 12.5. The van der Waals surface area contributed by atoms with Gasteiger partial charge in [-0.1, -0.05) is 0 Å². The van der Waals surface area contributed by atoms with Gasteiger partial charge in [0.05, 0.1) is 5.56 Å². The first kappa shape index (κ1) is 19.4. The third-order valence-corrected chi connectivity index (χ3v) is 4.09. The van der Waals surface area contributed by atoms with Gasteiger partial charge in [-0.05, 0) is 52.0 Å². The van der Waals surface area contributed by atoms with Gasteiger partial charge in [-0.15, -0.1) is 0 Å². The van der Waals surface area contributed by atoms with Crippen LogP contribution in [0.15, 0.2) is 24.3 Å². The van der Waals surface area contributed by atoms with Crippen LogP contribution in [0.5, 0.6) is 0 Å². The number of carbonyl (C=O) groups is 1. The molecule has 140 valence electrons. The number of hydrogen-bond donors (Lipinski definition) is 2. The minimum Gasteiger partial charge on any atom is -0.478 e. The highest BCUT2D eigenvalue weighted by molar-refractivity contribution is 5.88. The normalized spacial score (nSPS) is 10.5. The van der Waals surface area contributed by atoms with Crippen LogP contribution in [0.4, 0.5) is 23.5 Å². The first-order valence-corrected chi connectivity index (χ1v) is 8.88. The maximum Gasteiger partial charge on any atom is 0.335 e. The molecule has 0 aliphatic carbocycles. The Morgan fingerprint density at radius 1 is 0.885 bits per heavy atom. The molecule has 26 heavy (non-hydrogen) atoms. The summed E-state index contributed by atoms with van der Waals surface area (Å²) in [6.07, 6.45) is 0. The van der Waals surface area contributed by atoms with Crippen molar-refractivity contribution in [1.82, 2.24) is 15.0 Å². The van der Waals surface area contributed by atoms with Gasteiger partial charge in [-0.3, -0.25) is 0 Å². The summed E-state index contributed by atoms with van der Waals surface area (Å²) in [6.45, 7) is 11.4. The van der Waals surface area contributed by atoms with E-state index in [0.29, 0.717) is 17.8 Å². The molecule has 0 saturated carbocycles. The van der Waals surface area contributed by atoms with Crippen LogP contribution in [0.25, 0.3) is 0 Å². The topological polar surface area (TPSA) is 94.5 Å². The monoisotopic (exact) mass is 358 g/mol. The number of rotatable bonds is 9. The number of benzene rings is 1. The van der Waals surface area contributed by atoms with Crippen molar-refractivity contribution in [3.8, 4) is 0 Å². The second-order valence-corrected chi connectivity index (χ2v) is 5.61. The van der Waals surface area contributed by atoms with E-state index < -0.39 is 5.97 Å². The van der Waals surface area contributed by atoms with E-state index in [1.165, 1.54) is 0 Å². The van der Waals surface area contributed by atoms with Crippen molar-refractivity contribution in [2.75, 3.05) is 41.3 Å². The van der Waals surface area contributed by atoms with Crippen molar-refractivity contribution in [2.45, 2.75) is 27.7 Å². The van der Waals surface area contributed by atoms with Gasteiger partial charge in [0.25, 0.3) is 0 Å². The van der Waals surface area contributed by atoms with Crippen LogP contribution < -0.4 is 15.1 Å². The number of carboxylic acids is 1. The molecule has 1 aromatic carbocycles. The van der Waals surface area contributed by atoms with Crippen molar-refractivity contribution in [3.05, 3.63) is 29.8 Å². The lowest BCUT2D eigenvalue weighted by molar-refractivity contribution is 0.0697. The van der Waals surface area contributed by atoms with Crippen molar-refractivity contribution in [2.24, 2.45) is 0 Å². The molecular formula is C18H26N6O2. The molecule has 2 rings (SSSR count). The third-order valence-electron chi connectivity index (χ3n) is 4.09. The van der Waals surface area contributed by atoms with Crippen molar-refractivity contribution >= 4 is 29.5 Å². The van der Waals surface area contributed by atoms with E-state index in [0.717, 1.165) is 31.9 Å². The van der Waals surface area contributed by atoms with Gasteiger partial charge in [0.2, 0.25) is 17.8 Å². The van der Waals surface area contributed by atoms with Gasteiger partial charge in [-0.2, -0.15) is 15.0 Å². The van der Waals surface area contributed by atoms with E-state index in [9.17, 15) is 4.79 Å². The molecule has 8 heteroatoms. The zero-order chi connectivity index (χ0) is 19.1. The average Bonchev–Trinajstić information content (AvgIpc) is 2.64. The summed E-state index contributed by atoms with van der Waals surface area (Å²) in [4.78, 5) is 28.8. The van der Waals surface area contributed by atoms with Crippen LogP contribution in [-0.2, 0) is 0 Å². The van der Waals surface area contributed by atoms with E-state index in [1.54, 1.807) is 24.3 Å². The van der Waals surface area contributed by atoms with Crippen LogP contribution in [0, 0.1) is 0 Å². The maximum atomic E-state index is 11.0. The minimum absolute atomic E-state index is 0.235. The third kappa shape index (κ3) is 4.59. The molecule has 2 aromatic rings. The number of aromatic nitrogens is 3. The summed E-state index contributed by atoms with van der Waals surface area (Å²) in [5, 5.41) is 12.2. The van der Waals surface area contributed by atoms with Crippen LogP contribution in [0.1, 0.15) is 38.1 Å². The van der Waals surface area contributed by atoms with E-state index in [4.69, 9.17) is 5.11 Å². The van der Waals surface area contributed by atoms with Crippen LogP contribution in [0.2, 0.25) is 0 Å². The lowest BCUT2D eigenvalue weighted by atomic mass is 10.2. The first-order valence-electron chi connectivity index (χ1n) is 8.88. The highest BCUT2D eigenvalue weighted by Gasteiger charge is 2.14. The highest BCUT2D eigenvalue weighted by Crippen LogP contribution is 2.20. The van der Waals surface area contributed by atoms with E-state index in [2.05, 4.69) is 57.8 Å². The van der Waals surface area contributed by atoms with Crippen LogP contribution in [0.3, 0.4) is 0 Å². The number of nitrogens with zero attached hydrogens (tertiary/aromatic N) is 5. The predicted molar refractivity (Wildman–Crippen MR) is 104 cm³/mol. The SMILES string of the molecule is CCN(CC)c1nc(Nc2ccc(C(=O)O)cc2)nc(N(CC)CC)n1. The molecule has 0 aliphatic rings. The van der Waals surface area contributed by atoms with Crippen molar-refractivity contribution in [3.63, 3.8) is 0 Å². The molecule has 8 nitrogen and oxygen atoms in total. The Hall–Kier alpha value is -2.90. The van der Waals surface area contributed by atoms with E-state index in [-0.39, 0.29) is 5.56 Å². The molecule has 0 saturated heterocycles. The molecule has 2 N–H and O–H groups in total. The molecule has 0 atom stereocenters. The van der Waals surface area contributed by atoms with Gasteiger partial charge >= 0.3 is 5.97 Å². The summed E-state index contributed by atoms with van der Waals surface area (Å²) < 4.78 is 0. The molecule has 0 spiro atoms. The second-order valence-electron chi connectivity index (χ2n) is 5.61. The molecule has 0 bridgehead atoms. The van der Waals surface area contributed by atoms with Crippen molar-refractivity contribution < 1.29 is 9.90 Å². The molecule has 1 aromatic heterocycles. The van der Waals surface area contributed by atoms with E-state index >= 15 is 0 Å². The maximum absolute atomic E-state index is 11.0. The zero-order valence-corrected chi connectivity index (χ0v) is 15.7. The minimum atomic E-state index is -0.954. The second kappa shape index (κ2) is 8.98. The summed E-state index contributed by atoms with van der Waals surface area (Å²) in [5.41, 5.74) is 0.955. The summed E-state index contributed by atoms with van der Waals surface area (Å²) >= 11 is 0. The molecule has 1 heterocycles. The molecule has 0 amide bonds. The van der Waals surface area contributed by atoms with Gasteiger partial charge in [0.1, 0.15) is 0 Å². The summed E-state index contributed by atoms with van der Waals surface area (Å²) in [6, 6.07) is 6.48. The number of nitrogens with one attached hydrogen (secondary N) is 1. The molecule has 0 fully saturated rings. The average molecular weight is 358 g/mol. The fraction of sp³-hybridized carbons (Fsp3) is 0.444. The molecular weight excluding hydrogens is 332 g/mol. The smallest absolute Gasteiger partial charge is 0.335 e. The molecule has 0 radical (unpaired) electrons.